The fourth-order valence-electron chi connectivity index (χ4n) is 2.33. The van der Waals surface area contributed by atoms with Gasteiger partial charge in [0.25, 0.3) is 0 Å². The lowest BCUT2D eigenvalue weighted by Crippen LogP contribution is -2.41. The molecule has 0 saturated carbocycles. The summed E-state index contributed by atoms with van der Waals surface area (Å²) in [6.07, 6.45) is 3.51. The Kier molecular flexibility index (Phi) is 4.41. The van der Waals surface area contributed by atoms with Crippen molar-refractivity contribution in [1.82, 2.24) is 4.90 Å². The Hall–Kier alpha value is -0.550. The quantitative estimate of drug-likeness (QED) is 0.690. The van der Waals surface area contributed by atoms with E-state index in [-0.39, 0.29) is 6.04 Å². The molecule has 1 heterocycles. The minimum Gasteiger partial charge on any atom is -0.288 e. The van der Waals surface area contributed by atoms with Gasteiger partial charge in [0.05, 0.1) is 12.1 Å². The summed E-state index contributed by atoms with van der Waals surface area (Å²) in [6, 6.07) is 2.55. The summed E-state index contributed by atoms with van der Waals surface area (Å²) in [5.74, 6) is 1.68. The minimum absolute atomic E-state index is 0.156. The molecule has 0 aromatic carbocycles. The Bertz CT molecular complexity index is 197. The Morgan fingerprint density at radius 1 is 1.36 bits per heavy atom. The van der Waals surface area contributed by atoms with E-state index in [1.807, 2.05) is 0 Å². The molecule has 1 fully saturated rings. The molecule has 1 aliphatic heterocycles. The second-order valence-corrected chi connectivity index (χ2v) is 4.67. The van der Waals surface area contributed by atoms with Gasteiger partial charge in [-0.3, -0.25) is 4.90 Å². The molecule has 2 nitrogen and oxygen atoms in total. The molecule has 0 N–H and O–H groups in total. The van der Waals surface area contributed by atoms with Gasteiger partial charge in [0.1, 0.15) is 0 Å². The fourth-order valence-corrected chi connectivity index (χ4v) is 2.33. The van der Waals surface area contributed by atoms with Crippen LogP contribution in [0.5, 0.6) is 0 Å². The summed E-state index contributed by atoms with van der Waals surface area (Å²) < 4.78 is 0. The maximum absolute atomic E-state index is 8.96. The maximum atomic E-state index is 8.96. The molecule has 0 bridgehead atoms. The third kappa shape index (κ3) is 2.72. The Morgan fingerprint density at radius 2 is 1.93 bits per heavy atom. The van der Waals surface area contributed by atoms with E-state index in [1.165, 1.54) is 12.8 Å². The van der Waals surface area contributed by atoms with Gasteiger partial charge in [-0.2, -0.15) is 5.26 Å². The first-order valence-corrected chi connectivity index (χ1v) is 5.82. The first-order valence-electron chi connectivity index (χ1n) is 5.82. The molecular weight excluding hydrogens is 172 g/mol. The molecule has 0 aliphatic carbocycles. The van der Waals surface area contributed by atoms with E-state index in [0.717, 1.165) is 31.3 Å². The Balaban J connectivity index is 2.39. The maximum Gasteiger partial charge on any atom is 0.0975 e. The minimum atomic E-state index is 0.156. The largest absolute Gasteiger partial charge is 0.288 e. The molecule has 1 saturated heterocycles. The number of hydrogen-bond acceptors (Lipinski definition) is 2. The molecule has 0 radical (unpaired) electrons. The van der Waals surface area contributed by atoms with Crippen molar-refractivity contribution in [3.8, 4) is 6.07 Å². The molecular formula is C12H22N2. The highest BCUT2D eigenvalue weighted by Gasteiger charge is 2.25. The number of rotatable bonds is 3. The molecule has 0 aromatic rings. The second kappa shape index (κ2) is 5.36. The van der Waals surface area contributed by atoms with Gasteiger partial charge in [0.2, 0.25) is 0 Å². The van der Waals surface area contributed by atoms with Crippen molar-refractivity contribution in [2.24, 2.45) is 11.8 Å². The smallest absolute Gasteiger partial charge is 0.0975 e. The molecule has 2 heteroatoms. The van der Waals surface area contributed by atoms with E-state index >= 15 is 0 Å². The third-order valence-corrected chi connectivity index (χ3v) is 3.49. The van der Waals surface area contributed by atoms with Crippen molar-refractivity contribution in [2.45, 2.75) is 46.1 Å². The molecule has 1 aliphatic rings. The predicted molar refractivity (Wildman–Crippen MR) is 58.8 cm³/mol. The van der Waals surface area contributed by atoms with Crippen LogP contribution in [0.4, 0.5) is 0 Å². The summed E-state index contributed by atoms with van der Waals surface area (Å²) in [7, 11) is 0. The van der Waals surface area contributed by atoms with Crippen molar-refractivity contribution in [3.63, 3.8) is 0 Å². The topological polar surface area (TPSA) is 27.0 Å². The Labute approximate surface area is 87.9 Å². The van der Waals surface area contributed by atoms with Gasteiger partial charge < -0.3 is 0 Å². The number of hydrogen-bond donors (Lipinski definition) is 0. The van der Waals surface area contributed by atoms with Crippen LogP contribution in [0.3, 0.4) is 0 Å². The van der Waals surface area contributed by atoms with Gasteiger partial charge in [-0.1, -0.05) is 20.8 Å². The first-order chi connectivity index (χ1) is 6.69. The molecule has 0 aromatic heterocycles. The summed E-state index contributed by atoms with van der Waals surface area (Å²) in [6.45, 7) is 8.95. The summed E-state index contributed by atoms with van der Waals surface area (Å²) >= 11 is 0. The monoisotopic (exact) mass is 194 g/mol. The summed E-state index contributed by atoms with van der Waals surface area (Å²) in [5.41, 5.74) is 0. The van der Waals surface area contributed by atoms with Crippen LogP contribution >= 0.6 is 0 Å². The lowest BCUT2D eigenvalue weighted by atomic mass is 9.86. The molecule has 14 heavy (non-hydrogen) atoms. The average molecular weight is 194 g/mol. The van der Waals surface area contributed by atoms with Crippen LogP contribution in [0.2, 0.25) is 0 Å². The van der Waals surface area contributed by atoms with Crippen LogP contribution in [-0.2, 0) is 0 Å². The van der Waals surface area contributed by atoms with Crippen molar-refractivity contribution in [3.05, 3.63) is 0 Å². The van der Waals surface area contributed by atoms with E-state index in [0.29, 0.717) is 0 Å². The normalized spacial score (nSPS) is 22.2. The SMILES string of the molecule is CCC(C#N)N1CCC(C(C)C)CC1. The van der Waals surface area contributed by atoms with Crippen LogP contribution in [0.1, 0.15) is 40.0 Å². The number of piperidine rings is 1. The van der Waals surface area contributed by atoms with E-state index in [4.69, 9.17) is 5.26 Å². The first kappa shape index (κ1) is 11.5. The molecule has 0 amide bonds. The van der Waals surface area contributed by atoms with Crippen LogP contribution in [-0.4, -0.2) is 24.0 Å². The highest BCUT2D eigenvalue weighted by molar-refractivity contribution is 4.92. The lowest BCUT2D eigenvalue weighted by molar-refractivity contribution is 0.134. The number of nitriles is 1. The standard InChI is InChI=1S/C12H22N2/c1-4-12(9-13)14-7-5-11(6-8-14)10(2)3/h10-12H,4-8H2,1-3H3. The van der Waals surface area contributed by atoms with E-state index in [9.17, 15) is 0 Å². The zero-order valence-electron chi connectivity index (χ0n) is 9.66. The van der Waals surface area contributed by atoms with Crippen molar-refractivity contribution in [2.75, 3.05) is 13.1 Å². The van der Waals surface area contributed by atoms with Crippen LogP contribution < -0.4 is 0 Å². The predicted octanol–water partition coefficient (Wildman–Crippen LogP) is 2.66. The third-order valence-electron chi connectivity index (χ3n) is 3.49. The molecule has 1 unspecified atom stereocenters. The zero-order valence-corrected chi connectivity index (χ0v) is 9.66. The van der Waals surface area contributed by atoms with Crippen LogP contribution in [0.15, 0.2) is 0 Å². The molecule has 1 atom stereocenters. The average Bonchev–Trinajstić information content (AvgIpc) is 2.20. The summed E-state index contributed by atoms with van der Waals surface area (Å²) in [5, 5.41) is 8.96. The molecule has 1 rings (SSSR count). The molecule has 80 valence electrons. The van der Waals surface area contributed by atoms with Crippen molar-refractivity contribution < 1.29 is 0 Å². The van der Waals surface area contributed by atoms with Crippen molar-refractivity contribution >= 4 is 0 Å². The van der Waals surface area contributed by atoms with E-state index < -0.39 is 0 Å². The van der Waals surface area contributed by atoms with Crippen LogP contribution in [0.25, 0.3) is 0 Å². The van der Waals surface area contributed by atoms with Gasteiger partial charge >= 0.3 is 0 Å². The van der Waals surface area contributed by atoms with E-state index in [2.05, 4.69) is 31.7 Å². The zero-order chi connectivity index (χ0) is 10.6. The number of likely N-dealkylation sites (tertiary alicyclic amines) is 1. The number of nitrogens with zero attached hydrogens (tertiary/aromatic N) is 2. The van der Waals surface area contributed by atoms with Gasteiger partial charge in [0, 0.05) is 0 Å². The fraction of sp³-hybridized carbons (Fsp3) is 0.917. The molecule has 0 spiro atoms. The van der Waals surface area contributed by atoms with Gasteiger partial charge in [-0.25, -0.2) is 0 Å². The second-order valence-electron chi connectivity index (χ2n) is 4.67. The summed E-state index contributed by atoms with van der Waals surface area (Å²) in [4.78, 5) is 2.35. The van der Waals surface area contributed by atoms with Gasteiger partial charge in [-0.15, -0.1) is 0 Å². The highest BCUT2D eigenvalue weighted by Crippen LogP contribution is 2.25. The van der Waals surface area contributed by atoms with Gasteiger partial charge in [0.15, 0.2) is 0 Å². The van der Waals surface area contributed by atoms with Crippen LogP contribution in [0, 0.1) is 23.2 Å². The Morgan fingerprint density at radius 3 is 2.29 bits per heavy atom. The lowest BCUT2D eigenvalue weighted by Gasteiger charge is -2.35. The highest BCUT2D eigenvalue weighted by atomic mass is 15.2. The van der Waals surface area contributed by atoms with Crippen molar-refractivity contribution in [1.29, 1.82) is 5.26 Å². The van der Waals surface area contributed by atoms with E-state index in [1.54, 1.807) is 0 Å². The van der Waals surface area contributed by atoms with Gasteiger partial charge in [-0.05, 0) is 44.2 Å².